The molecule has 1 aromatic heterocycles. The Labute approximate surface area is 119 Å². The van der Waals surface area contributed by atoms with Crippen LogP contribution in [-0.2, 0) is 16.6 Å². The molecular weight excluding hydrogens is 280 g/mol. The minimum Gasteiger partial charge on any atom is -0.326 e. The average molecular weight is 302 g/mol. The van der Waals surface area contributed by atoms with Crippen LogP contribution in [0, 0.1) is 16.7 Å². The van der Waals surface area contributed by atoms with Crippen molar-refractivity contribution in [1.82, 2.24) is 4.72 Å². The third-order valence-electron chi connectivity index (χ3n) is 4.94. The van der Waals surface area contributed by atoms with Crippen LogP contribution in [0.4, 0.5) is 0 Å². The van der Waals surface area contributed by atoms with E-state index in [1.807, 2.05) is 0 Å². The Morgan fingerprint density at radius 3 is 2.32 bits per heavy atom. The van der Waals surface area contributed by atoms with Crippen LogP contribution >= 0.6 is 11.3 Å². The smallest absolute Gasteiger partial charge is 0.241 e. The quantitative estimate of drug-likeness (QED) is 0.875. The summed E-state index contributed by atoms with van der Waals surface area (Å²) in [5.74, 6) is 0.377. The SMILES string of the molecule is CC1(C)C(CNS(=O)(=O)c2csc(CN)c2)C1(C)C. The molecule has 1 saturated carbocycles. The van der Waals surface area contributed by atoms with Gasteiger partial charge in [-0.3, -0.25) is 0 Å². The summed E-state index contributed by atoms with van der Waals surface area (Å²) < 4.78 is 27.1. The van der Waals surface area contributed by atoms with Crippen LogP contribution in [0.15, 0.2) is 16.3 Å². The first kappa shape index (κ1) is 15.0. The first-order valence-corrected chi connectivity index (χ1v) is 8.76. The standard InChI is InChI=1S/C13H22N2O2S2/c1-12(2)11(13(12,3)4)7-15-19(16,17)10-5-9(6-14)18-8-10/h5,8,11,15H,6-7,14H2,1-4H3. The predicted molar refractivity (Wildman–Crippen MR) is 78.5 cm³/mol. The Kier molecular flexibility index (Phi) is 3.58. The number of hydrogen-bond donors (Lipinski definition) is 2. The third-order valence-corrected chi connectivity index (χ3v) is 7.45. The number of rotatable bonds is 5. The molecule has 0 atom stereocenters. The highest BCUT2D eigenvalue weighted by molar-refractivity contribution is 7.89. The maximum Gasteiger partial charge on any atom is 0.241 e. The van der Waals surface area contributed by atoms with Gasteiger partial charge in [0.15, 0.2) is 0 Å². The molecule has 0 spiro atoms. The normalized spacial score (nSPS) is 21.5. The van der Waals surface area contributed by atoms with Crippen molar-refractivity contribution in [2.75, 3.05) is 6.54 Å². The predicted octanol–water partition coefficient (Wildman–Crippen LogP) is 2.17. The van der Waals surface area contributed by atoms with Crippen molar-refractivity contribution < 1.29 is 8.42 Å². The zero-order valence-corrected chi connectivity index (χ0v) is 13.5. The van der Waals surface area contributed by atoms with E-state index >= 15 is 0 Å². The molecule has 1 fully saturated rings. The van der Waals surface area contributed by atoms with Gasteiger partial charge in [-0.05, 0) is 22.8 Å². The molecule has 2 rings (SSSR count). The van der Waals surface area contributed by atoms with Gasteiger partial charge in [0.05, 0.1) is 4.90 Å². The highest BCUT2D eigenvalue weighted by atomic mass is 32.2. The number of nitrogens with two attached hydrogens (primary N) is 1. The lowest BCUT2D eigenvalue weighted by Gasteiger charge is -2.06. The molecule has 0 bridgehead atoms. The Morgan fingerprint density at radius 2 is 1.89 bits per heavy atom. The summed E-state index contributed by atoms with van der Waals surface area (Å²) in [6.07, 6.45) is 0. The van der Waals surface area contributed by atoms with Crippen molar-refractivity contribution in [3.63, 3.8) is 0 Å². The van der Waals surface area contributed by atoms with Crippen molar-refractivity contribution in [2.24, 2.45) is 22.5 Å². The van der Waals surface area contributed by atoms with Crippen molar-refractivity contribution >= 4 is 21.4 Å². The van der Waals surface area contributed by atoms with E-state index < -0.39 is 10.0 Å². The maximum absolute atomic E-state index is 12.2. The van der Waals surface area contributed by atoms with Crippen molar-refractivity contribution in [3.05, 3.63) is 16.3 Å². The molecule has 1 aliphatic rings. The van der Waals surface area contributed by atoms with Gasteiger partial charge < -0.3 is 5.73 Å². The van der Waals surface area contributed by atoms with Gasteiger partial charge in [0.25, 0.3) is 0 Å². The molecule has 0 saturated heterocycles. The van der Waals surface area contributed by atoms with E-state index in [0.29, 0.717) is 23.9 Å². The summed E-state index contributed by atoms with van der Waals surface area (Å²) in [7, 11) is -3.40. The molecule has 1 heterocycles. The summed E-state index contributed by atoms with van der Waals surface area (Å²) >= 11 is 1.38. The van der Waals surface area contributed by atoms with E-state index in [9.17, 15) is 8.42 Å². The molecule has 0 amide bonds. The van der Waals surface area contributed by atoms with Gasteiger partial charge in [-0.25, -0.2) is 13.1 Å². The molecule has 3 N–H and O–H groups in total. The second-order valence-corrected chi connectivity index (χ2v) is 9.06. The zero-order chi connectivity index (χ0) is 14.5. The van der Waals surface area contributed by atoms with Gasteiger partial charge in [-0.1, -0.05) is 27.7 Å². The van der Waals surface area contributed by atoms with E-state index in [1.54, 1.807) is 11.4 Å². The van der Waals surface area contributed by atoms with Crippen molar-refractivity contribution in [2.45, 2.75) is 39.1 Å². The van der Waals surface area contributed by atoms with Crippen LogP contribution in [0.25, 0.3) is 0 Å². The summed E-state index contributed by atoms with van der Waals surface area (Å²) in [6.45, 7) is 9.61. The minimum absolute atomic E-state index is 0.187. The molecule has 1 aromatic rings. The minimum atomic E-state index is -3.40. The van der Waals surface area contributed by atoms with Crippen LogP contribution in [-0.4, -0.2) is 15.0 Å². The third kappa shape index (κ3) is 2.46. The van der Waals surface area contributed by atoms with E-state index in [-0.39, 0.29) is 10.8 Å². The van der Waals surface area contributed by atoms with E-state index in [0.717, 1.165) is 4.88 Å². The summed E-state index contributed by atoms with van der Waals surface area (Å²) in [5, 5.41) is 1.65. The van der Waals surface area contributed by atoms with E-state index in [4.69, 9.17) is 5.73 Å². The van der Waals surface area contributed by atoms with Gasteiger partial charge >= 0.3 is 0 Å². The van der Waals surface area contributed by atoms with Gasteiger partial charge in [-0.2, -0.15) is 0 Å². The highest BCUT2D eigenvalue weighted by Crippen LogP contribution is 2.67. The molecule has 0 aliphatic heterocycles. The lowest BCUT2D eigenvalue weighted by atomic mass is 10.0. The molecular formula is C13H22N2O2S2. The fourth-order valence-electron chi connectivity index (χ4n) is 2.73. The maximum atomic E-state index is 12.2. The monoisotopic (exact) mass is 302 g/mol. The van der Waals surface area contributed by atoms with Crippen molar-refractivity contribution in [1.29, 1.82) is 0 Å². The average Bonchev–Trinajstić information content (AvgIpc) is 2.72. The Balaban J connectivity index is 2.04. The molecule has 108 valence electrons. The van der Waals surface area contributed by atoms with Crippen LogP contribution in [0.1, 0.15) is 32.6 Å². The molecule has 0 unspecified atom stereocenters. The number of hydrogen-bond acceptors (Lipinski definition) is 4. The fraction of sp³-hybridized carbons (Fsp3) is 0.692. The largest absolute Gasteiger partial charge is 0.326 e. The molecule has 1 aliphatic carbocycles. The van der Waals surface area contributed by atoms with Gasteiger partial charge in [0.1, 0.15) is 0 Å². The Hall–Kier alpha value is -0.430. The second kappa shape index (κ2) is 4.55. The molecule has 19 heavy (non-hydrogen) atoms. The van der Waals surface area contributed by atoms with E-state index in [1.165, 1.54) is 11.3 Å². The zero-order valence-electron chi connectivity index (χ0n) is 11.9. The molecule has 0 radical (unpaired) electrons. The van der Waals surface area contributed by atoms with Crippen LogP contribution in [0.3, 0.4) is 0 Å². The number of sulfonamides is 1. The second-order valence-electron chi connectivity index (χ2n) is 6.30. The van der Waals surface area contributed by atoms with Crippen LogP contribution in [0.5, 0.6) is 0 Å². The number of nitrogens with one attached hydrogen (secondary N) is 1. The molecule has 6 heteroatoms. The van der Waals surface area contributed by atoms with E-state index in [2.05, 4.69) is 32.4 Å². The summed E-state index contributed by atoms with van der Waals surface area (Å²) in [6, 6.07) is 1.65. The Morgan fingerprint density at radius 1 is 1.32 bits per heavy atom. The lowest BCUT2D eigenvalue weighted by molar-refractivity contribution is 0.457. The Bertz CT molecular complexity index is 559. The molecule has 0 aromatic carbocycles. The molecule has 4 nitrogen and oxygen atoms in total. The number of thiophene rings is 1. The summed E-state index contributed by atoms with van der Waals surface area (Å²) in [5.41, 5.74) is 5.88. The van der Waals surface area contributed by atoms with Gasteiger partial charge in [0.2, 0.25) is 10.0 Å². The van der Waals surface area contributed by atoms with Crippen LogP contribution in [0.2, 0.25) is 0 Å². The highest BCUT2D eigenvalue weighted by Gasteiger charge is 2.64. The first-order chi connectivity index (χ1) is 8.63. The van der Waals surface area contributed by atoms with Crippen LogP contribution < -0.4 is 10.5 Å². The van der Waals surface area contributed by atoms with Gasteiger partial charge in [0, 0.05) is 23.3 Å². The first-order valence-electron chi connectivity index (χ1n) is 6.40. The van der Waals surface area contributed by atoms with Crippen molar-refractivity contribution in [3.8, 4) is 0 Å². The van der Waals surface area contributed by atoms with Gasteiger partial charge in [-0.15, -0.1) is 11.3 Å². The summed E-state index contributed by atoms with van der Waals surface area (Å²) in [4.78, 5) is 1.21. The lowest BCUT2D eigenvalue weighted by Crippen LogP contribution is -2.27. The fourth-order valence-corrected chi connectivity index (χ4v) is 4.93. The topological polar surface area (TPSA) is 72.2 Å².